The van der Waals surface area contributed by atoms with Crippen LogP contribution in [-0.4, -0.2) is 46.8 Å². The lowest BCUT2D eigenvalue weighted by molar-refractivity contribution is -0.386. The minimum atomic E-state index is -0.516. The first-order valence-corrected chi connectivity index (χ1v) is 10.2. The fourth-order valence-corrected chi connectivity index (χ4v) is 3.58. The Labute approximate surface area is 184 Å². The number of nitrogens with zero attached hydrogens (tertiary/aromatic N) is 3. The molecule has 4 rings (SSSR count). The van der Waals surface area contributed by atoms with Crippen LogP contribution in [0.5, 0.6) is 5.75 Å². The maximum atomic E-state index is 13.9. The third-order valence-corrected chi connectivity index (χ3v) is 5.32. The summed E-state index contributed by atoms with van der Waals surface area (Å²) in [7, 11) is 0. The van der Waals surface area contributed by atoms with Crippen LogP contribution in [0.3, 0.4) is 0 Å². The Morgan fingerprint density at radius 1 is 1.03 bits per heavy atom. The Morgan fingerprint density at radius 3 is 2.50 bits per heavy atom. The molecule has 1 aliphatic heterocycles. The summed E-state index contributed by atoms with van der Waals surface area (Å²) >= 11 is 0. The van der Waals surface area contributed by atoms with E-state index in [1.165, 1.54) is 18.2 Å². The number of amides is 1. The second-order valence-corrected chi connectivity index (χ2v) is 7.44. The summed E-state index contributed by atoms with van der Waals surface area (Å²) in [5, 5.41) is 11.1. The van der Waals surface area contributed by atoms with Gasteiger partial charge >= 0.3 is 5.69 Å². The first-order chi connectivity index (χ1) is 15.5. The Bertz CT molecular complexity index is 1110. The summed E-state index contributed by atoms with van der Waals surface area (Å²) < 4.78 is 25.0. The van der Waals surface area contributed by atoms with Gasteiger partial charge in [0.05, 0.1) is 4.92 Å². The Kier molecular flexibility index (Phi) is 6.46. The van der Waals surface area contributed by atoms with Crippen LogP contribution in [-0.2, 0) is 13.2 Å². The van der Waals surface area contributed by atoms with Crippen molar-refractivity contribution in [3.63, 3.8) is 0 Å². The van der Waals surface area contributed by atoms with Gasteiger partial charge in [0.25, 0.3) is 5.91 Å². The monoisotopic (exact) mass is 439 g/mol. The maximum Gasteiger partial charge on any atom is 0.310 e. The molecule has 1 aromatic heterocycles. The standard InChI is InChI=1S/C23H22FN3O5/c24-19-6-2-1-5-17(19)15-25-11-13-26(14-12-25)23(28)22-10-9-18(32-22)16-31-21-8-4-3-7-20(21)27(29)30/h1-10H,11-16H2. The number of carbonyl (C=O) groups excluding carboxylic acids is 1. The molecule has 2 heterocycles. The number of nitro benzene ring substituents is 1. The zero-order valence-corrected chi connectivity index (χ0v) is 17.3. The minimum absolute atomic E-state index is 0.0332. The van der Waals surface area contributed by atoms with Crippen molar-refractivity contribution in [3.8, 4) is 5.75 Å². The molecule has 0 aliphatic carbocycles. The minimum Gasteiger partial charge on any atom is -0.479 e. The molecular weight excluding hydrogens is 417 g/mol. The van der Waals surface area contributed by atoms with E-state index in [0.29, 0.717) is 44.0 Å². The normalized spacial score (nSPS) is 14.3. The van der Waals surface area contributed by atoms with Crippen molar-refractivity contribution < 1.29 is 23.3 Å². The van der Waals surface area contributed by atoms with E-state index in [4.69, 9.17) is 9.15 Å². The number of nitro groups is 1. The first-order valence-electron chi connectivity index (χ1n) is 10.2. The second kappa shape index (κ2) is 9.61. The van der Waals surface area contributed by atoms with Gasteiger partial charge in [-0.2, -0.15) is 0 Å². The van der Waals surface area contributed by atoms with Crippen molar-refractivity contribution in [3.05, 3.63) is 93.7 Å². The van der Waals surface area contributed by atoms with Gasteiger partial charge in [-0.25, -0.2) is 4.39 Å². The first kappa shape index (κ1) is 21.5. The number of halogens is 1. The number of carbonyl (C=O) groups is 1. The third-order valence-electron chi connectivity index (χ3n) is 5.32. The Hall–Kier alpha value is -3.72. The van der Waals surface area contributed by atoms with Crippen LogP contribution in [0, 0.1) is 15.9 Å². The highest BCUT2D eigenvalue weighted by molar-refractivity contribution is 5.91. The van der Waals surface area contributed by atoms with E-state index in [1.54, 1.807) is 41.3 Å². The molecule has 166 valence electrons. The van der Waals surface area contributed by atoms with Crippen molar-refractivity contribution in [2.45, 2.75) is 13.2 Å². The van der Waals surface area contributed by atoms with Gasteiger partial charge in [-0.05, 0) is 24.3 Å². The molecule has 8 nitrogen and oxygen atoms in total. The molecule has 0 unspecified atom stereocenters. The van der Waals surface area contributed by atoms with E-state index in [0.717, 1.165) is 0 Å². The molecule has 0 N–H and O–H groups in total. The van der Waals surface area contributed by atoms with E-state index in [-0.39, 0.29) is 35.5 Å². The van der Waals surface area contributed by atoms with Crippen molar-refractivity contribution >= 4 is 11.6 Å². The second-order valence-electron chi connectivity index (χ2n) is 7.44. The predicted octanol–water partition coefficient (Wildman–Crippen LogP) is 3.86. The highest BCUT2D eigenvalue weighted by Gasteiger charge is 2.25. The average molecular weight is 439 g/mol. The van der Waals surface area contributed by atoms with Crippen molar-refractivity contribution in [1.29, 1.82) is 0 Å². The summed E-state index contributed by atoms with van der Waals surface area (Å²) in [5.41, 5.74) is 0.505. The molecule has 1 amide bonds. The Balaban J connectivity index is 1.31. The summed E-state index contributed by atoms with van der Waals surface area (Å²) in [5.74, 6) is 0.260. The largest absolute Gasteiger partial charge is 0.479 e. The lowest BCUT2D eigenvalue weighted by Crippen LogP contribution is -2.48. The Morgan fingerprint density at radius 2 is 1.75 bits per heavy atom. The van der Waals surface area contributed by atoms with Gasteiger partial charge in [0.15, 0.2) is 11.5 Å². The number of hydrogen-bond acceptors (Lipinski definition) is 6. The van der Waals surface area contributed by atoms with Gasteiger partial charge in [-0.1, -0.05) is 30.3 Å². The predicted molar refractivity (Wildman–Crippen MR) is 114 cm³/mol. The van der Waals surface area contributed by atoms with Gasteiger partial charge in [0.1, 0.15) is 18.2 Å². The van der Waals surface area contributed by atoms with Crippen LogP contribution in [0.25, 0.3) is 0 Å². The molecular formula is C23H22FN3O5. The molecule has 32 heavy (non-hydrogen) atoms. The molecule has 3 aromatic rings. The SMILES string of the molecule is O=C(c1ccc(COc2ccccc2[N+](=O)[O-])o1)N1CCN(Cc2ccccc2F)CC1. The molecule has 2 aromatic carbocycles. The lowest BCUT2D eigenvalue weighted by Gasteiger charge is -2.34. The topological polar surface area (TPSA) is 89.1 Å². The van der Waals surface area contributed by atoms with Crippen LogP contribution in [0.1, 0.15) is 21.9 Å². The van der Waals surface area contributed by atoms with E-state index in [2.05, 4.69) is 4.90 Å². The third kappa shape index (κ3) is 4.94. The van der Waals surface area contributed by atoms with Crippen molar-refractivity contribution in [1.82, 2.24) is 9.80 Å². The summed E-state index contributed by atoms with van der Waals surface area (Å²) in [6.45, 7) is 2.76. The number of para-hydroxylation sites is 2. The number of benzene rings is 2. The molecule has 0 bridgehead atoms. The summed E-state index contributed by atoms with van der Waals surface area (Å²) in [6, 6.07) is 16.0. The molecule has 0 radical (unpaired) electrons. The zero-order valence-electron chi connectivity index (χ0n) is 17.3. The van der Waals surface area contributed by atoms with Gasteiger partial charge < -0.3 is 14.1 Å². The molecule has 1 aliphatic rings. The van der Waals surface area contributed by atoms with E-state index in [9.17, 15) is 19.3 Å². The number of hydrogen-bond donors (Lipinski definition) is 0. The molecule has 1 fully saturated rings. The number of rotatable bonds is 7. The highest BCUT2D eigenvalue weighted by atomic mass is 19.1. The van der Waals surface area contributed by atoms with Gasteiger partial charge in [-0.15, -0.1) is 0 Å². The molecule has 0 saturated carbocycles. The number of ether oxygens (including phenoxy) is 1. The molecule has 9 heteroatoms. The summed E-state index contributed by atoms with van der Waals surface area (Å²) in [4.78, 5) is 27.1. The number of piperazine rings is 1. The number of furan rings is 1. The molecule has 1 saturated heterocycles. The van der Waals surface area contributed by atoms with Crippen molar-refractivity contribution in [2.24, 2.45) is 0 Å². The van der Waals surface area contributed by atoms with Crippen LogP contribution in [0.2, 0.25) is 0 Å². The van der Waals surface area contributed by atoms with Crippen LogP contribution in [0.15, 0.2) is 65.1 Å². The van der Waals surface area contributed by atoms with Gasteiger partial charge in [-0.3, -0.25) is 19.8 Å². The average Bonchev–Trinajstić information content (AvgIpc) is 3.28. The molecule has 0 atom stereocenters. The maximum absolute atomic E-state index is 13.9. The van der Waals surface area contributed by atoms with Crippen molar-refractivity contribution in [2.75, 3.05) is 26.2 Å². The van der Waals surface area contributed by atoms with E-state index < -0.39 is 4.92 Å². The smallest absolute Gasteiger partial charge is 0.310 e. The van der Waals surface area contributed by atoms with E-state index in [1.807, 2.05) is 6.07 Å². The van der Waals surface area contributed by atoms with Gasteiger partial charge in [0, 0.05) is 44.4 Å². The lowest BCUT2D eigenvalue weighted by atomic mass is 10.2. The molecule has 0 spiro atoms. The fourth-order valence-electron chi connectivity index (χ4n) is 3.58. The van der Waals surface area contributed by atoms with Gasteiger partial charge in [0.2, 0.25) is 0 Å². The van der Waals surface area contributed by atoms with Crippen LogP contribution >= 0.6 is 0 Å². The summed E-state index contributed by atoms with van der Waals surface area (Å²) in [6.07, 6.45) is 0. The highest BCUT2D eigenvalue weighted by Crippen LogP contribution is 2.27. The fraction of sp³-hybridized carbons (Fsp3) is 0.261. The van der Waals surface area contributed by atoms with Crippen LogP contribution < -0.4 is 4.74 Å². The van der Waals surface area contributed by atoms with E-state index >= 15 is 0 Å². The van der Waals surface area contributed by atoms with Crippen LogP contribution in [0.4, 0.5) is 10.1 Å². The zero-order chi connectivity index (χ0) is 22.5. The quantitative estimate of drug-likeness (QED) is 0.410.